The number of nitrogens with one attached hydrogen (secondary N) is 1. The minimum absolute atomic E-state index is 0.274. The van der Waals surface area contributed by atoms with Crippen LogP contribution in [0.1, 0.15) is 5.69 Å². The van der Waals surface area contributed by atoms with Gasteiger partial charge in [0.2, 0.25) is 0 Å². The van der Waals surface area contributed by atoms with Gasteiger partial charge in [-0.05, 0) is 18.1 Å². The number of hydrogen-bond donors (Lipinski definition) is 2. The van der Waals surface area contributed by atoms with Gasteiger partial charge in [-0.15, -0.1) is 0 Å². The summed E-state index contributed by atoms with van der Waals surface area (Å²) in [5.41, 5.74) is 5.78. The largest absolute Gasteiger partial charge is 0.453 e. The van der Waals surface area contributed by atoms with Crippen molar-refractivity contribution in [2.24, 2.45) is 5.73 Å². The van der Waals surface area contributed by atoms with Crippen LogP contribution in [-0.4, -0.2) is 24.7 Å². The molecule has 1 rings (SSSR count). The normalized spacial score (nSPS) is 8.67. The molecule has 0 saturated heterocycles. The monoisotopic (exact) mass is 205 g/mol. The van der Waals surface area contributed by atoms with Gasteiger partial charge in [0.15, 0.2) is 0 Å². The molecule has 0 aliphatic heterocycles. The molecule has 0 aromatic carbocycles. The van der Waals surface area contributed by atoms with E-state index in [1.54, 1.807) is 18.2 Å². The summed E-state index contributed by atoms with van der Waals surface area (Å²) >= 11 is 0. The Balaban J connectivity index is 2.78. The second-order valence-electron chi connectivity index (χ2n) is 2.53. The average molecular weight is 205 g/mol. The molecule has 0 radical (unpaired) electrons. The summed E-state index contributed by atoms with van der Waals surface area (Å²) in [5.74, 6) is 5.82. The van der Waals surface area contributed by atoms with Gasteiger partial charge >= 0.3 is 6.09 Å². The molecule has 1 aromatic rings. The second-order valence-corrected chi connectivity index (χ2v) is 2.53. The zero-order valence-corrected chi connectivity index (χ0v) is 8.28. The molecule has 15 heavy (non-hydrogen) atoms. The van der Waals surface area contributed by atoms with Crippen molar-refractivity contribution in [3.8, 4) is 11.8 Å². The van der Waals surface area contributed by atoms with Crippen LogP contribution < -0.4 is 11.1 Å². The highest BCUT2D eigenvalue weighted by Gasteiger charge is 2.01. The Morgan fingerprint density at radius 1 is 1.67 bits per heavy atom. The average Bonchev–Trinajstić information content (AvgIpc) is 2.26. The van der Waals surface area contributed by atoms with E-state index in [1.807, 2.05) is 0 Å². The number of pyridine rings is 1. The number of methoxy groups -OCH3 is 1. The highest BCUT2D eigenvalue weighted by molar-refractivity contribution is 5.83. The van der Waals surface area contributed by atoms with E-state index in [0.717, 1.165) is 0 Å². The summed E-state index contributed by atoms with van der Waals surface area (Å²) in [6.45, 7) is 0.274. The number of amides is 1. The molecule has 1 heterocycles. The van der Waals surface area contributed by atoms with Gasteiger partial charge in [-0.2, -0.15) is 0 Å². The molecule has 0 aliphatic carbocycles. The van der Waals surface area contributed by atoms with E-state index in [9.17, 15) is 4.79 Å². The van der Waals surface area contributed by atoms with Gasteiger partial charge in [0.05, 0.1) is 13.7 Å². The Kier molecular flexibility index (Phi) is 4.13. The molecule has 78 valence electrons. The number of nitrogens with two attached hydrogens (primary N) is 1. The SMILES string of the molecule is COC(=O)Nc1cccc(C#CCN)n1. The lowest BCUT2D eigenvalue weighted by Gasteiger charge is -2.01. The summed E-state index contributed by atoms with van der Waals surface area (Å²) in [4.78, 5) is 14.9. The van der Waals surface area contributed by atoms with E-state index in [2.05, 4.69) is 26.9 Å². The molecule has 5 heteroatoms. The first-order valence-electron chi connectivity index (χ1n) is 4.27. The van der Waals surface area contributed by atoms with Crippen LogP contribution in [0, 0.1) is 11.8 Å². The van der Waals surface area contributed by atoms with Gasteiger partial charge in [0, 0.05) is 0 Å². The third kappa shape index (κ3) is 3.67. The van der Waals surface area contributed by atoms with Crippen molar-refractivity contribution in [3.63, 3.8) is 0 Å². The molecule has 1 amide bonds. The zero-order valence-electron chi connectivity index (χ0n) is 8.28. The highest BCUT2D eigenvalue weighted by atomic mass is 16.5. The quantitative estimate of drug-likeness (QED) is 0.657. The lowest BCUT2D eigenvalue weighted by molar-refractivity contribution is 0.187. The van der Waals surface area contributed by atoms with Crippen LogP contribution in [0.5, 0.6) is 0 Å². The predicted molar refractivity (Wildman–Crippen MR) is 56.2 cm³/mol. The van der Waals surface area contributed by atoms with E-state index in [1.165, 1.54) is 7.11 Å². The number of nitrogens with zero attached hydrogens (tertiary/aromatic N) is 1. The van der Waals surface area contributed by atoms with Crippen LogP contribution in [-0.2, 0) is 4.74 Å². The van der Waals surface area contributed by atoms with Gasteiger partial charge in [0.1, 0.15) is 11.5 Å². The number of carbonyl (C=O) groups excluding carboxylic acids is 1. The van der Waals surface area contributed by atoms with Crippen LogP contribution in [0.3, 0.4) is 0 Å². The van der Waals surface area contributed by atoms with Gasteiger partial charge in [-0.25, -0.2) is 9.78 Å². The van der Waals surface area contributed by atoms with Gasteiger partial charge < -0.3 is 10.5 Å². The molecule has 0 aliphatic rings. The number of rotatable bonds is 1. The summed E-state index contributed by atoms with van der Waals surface area (Å²) < 4.78 is 4.43. The van der Waals surface area contributed by atoms with Crippen LogP contribution >= 0.6 is 0 Å². The van der Waals surface area contributed by atoms with E-state index < -0.39 is 6.09 Å². The van der Waals surface area contributed by atoms with Gasteiger partial charge in [0.25, 0.3) is 0 Å². The summed E-state index contributed by atoms with van der Waals surface area (Å²) in [6.07, 6.45) is -0.563. The molecular formula is C10H11N3O2. The Hall–Kier alpha value is -2.06. The topological polar surface area (TPSA) is 77.2 Å². The maximum Gasteiger partial charge on any atom is 0.412 e. The molecule has 0 fully saturated rings. The van der Waals surface area contributed by atoms with E-state index in [-0.39, 0.29) is 6.54 Å². The fraction of sp³-hybridized carbons (Fsp3) is 0.200. The number of hydrogen-bond acceptors (Lipinski definition) is 4. The maximum atomic E-state index is 10.9. The fourth-order valence-corrected chi connectivity index (χ4v) is 0.871. The lowest BCUT2D eigenvalue weighted by Crippen LogP contribution is -2.12. The highest BCUT2D eigenvalue weighted by Crippen LogP contribution is 2.03. The van der Waals surface area contributed by atoms with Crippen molar-refractivity contribution >= 4 is 11.9 Å². The van der Waals surface area contributed by atoms with Gasteiger partial charge in [-0.1, -0.05) is 12.0 Å². The van der Waals surface area contributed by atoms with Crippen LogP contribution in [0.25, 0.3) is 0 Å². The molecule has 0 unspecified atom stereocenters. The second kappa shape index (κ2) is 5.62. The minimum Gasteiger partial charge on any atom is -0.453 e. The Labute approximate surface area is 87.6 Å². The van der Waals surface area contributed by atoms with E-state index in [4.69, 9.17) is 5.73 Å². The summed E-state index contributed by atoms with van der Waals surface area (Å²) in [6, 6.07) is 5.11. The lowest BCUT2D eigenvalue weighted by atomic mass is 10.3. The van der Waals surface area contributed by atoms with Crippen molar-refractivity contribution in [2.45, 2.75) is 0 Å². The van der Waals surface area contributed by atoms with Crippen LogP contribution in [0.15, 0.2) is 18.2 Å². The number of aromatic nitrogens is 1. The zero-order chi connectivity index (χ0) is 11.1. The van der Waals surface area contributed by atoms with Crippen molar-refractivity contribution in [1.29, 1.82) is 0 Å². The first kappa shape index (κ1) is 11.0. The van der Waals surface area contributed by atoms with E-state index >= 15 is 0 Å². The molecule has 0 bridgehead atoms. The third-order valence-corrected chi connectivity index (χ3v) is 1.48. The minimum atomic E-state index is -0.563. The first-order valence-corrected chi connectivity index (χ1v) is 4.27. The molecule has 1 aromatic heterocycles. The summed E-state index contributed by atoms with van der Waals surface area (Å²) in [7, 11) is 1.29. The Bertz CT molecular complexity index is 407. The van der Waals surface area contributed by atoms with Crippen molar-refractivity contribution in [3.05, 3.63) is 23.9 Å². The molecule has 0 spiro atoms. The number of ether oxygens (including phenoxy) is 1. The number of carbonyl (C=O) groups is 1. The fourth-order valence-electron chi connectivity index (χ4n) is 0.871. The smallest absolute Gasteiger partial charge is 0.412 e. The standard InChI is InChI=1S/C10H11N3O2/c1-15-10(14)13-9-6-2-4-8(12-9)5-3-7-11/h2,4,6H,7,11H2,1H3,(H,12,13,14). The molecule has 5 nitrogen and oxygen atoms in total. The van der Waals surface area contributed by atoms with Crippen molar-refractivity contribution < 1.29 is 9.53 Å². The molecule has 0 saturated carbocycles. The third-order valence-electron chi connectivity index (χ3n) is 1.48. The van der Waals surface area contributed by atoms with Crippen molar-refractivity contribution in [2.75, 3.05) is 19.0 Å². The molecular weight excluding hydrogens is 194 g/mol. The van der Waals surface area contributed by atoms with Gasteiger partial charge in [-0.3, -0.25) is 5.32 Å². The van der Waals surface area contributed by atoms with Crippen molar-refractivity contribution in [1.82, 2.24) is 4.98 Å². The van der Waals surface area contributed by atoms with Crippen LogP contribution in [0.2, 0.25) is 0 Å². The Morgan fingerprint density at radius 3 is 3.13 bits per heavy atom. The first-order chi connectivity index (χ1) is 7.26. The molecule has 3 N–H and O–H groups in total. The summed E-state index contributed by atoms with van der Waals surface area (Å²) in [5, 5.41) is 2.44. The maximum absolute atomic E-state index is 10.9. The Morgan fingerprint density at radius 2 is 2.47 bits per heavy atom. The molecule has 0 atom stereocenters. The van der Waals surface area contributed by atoms with E-state index in [0.29, 0.717) is 11.5 Å². The number of anilines is 1. The van der Waals surface area contributed by atoms with Crippen LogP contribution in [0.4, 0.5) is 10.6 Å². The predicted octanol–water partition coefficient (Wildman–Crippen LogP) is 0.570.